The van der Waals surface area contributed by atoms with Crippen molar-refractivity contribution in [1.82, 2.24) is 19.5 Å². The summed E-state index contributed by atoms with van der Waals surface area (Å²) < 4.78 is 43.0. The van der Waals surface area contributed by atoms with E-state index in [0.29, 0.717) is 35.6 Å². The van der Waals surface area contributed by atoms with Gasteiger partial charge in [-0.2, -0.15) is 4.98 Å². The molecule has 8 nitrogen and oxygen atoms in total. The highest BCUT2D eigenvalue weighted by atomic mass is 35.5. The fourth-order valence-electron chi connectivity index (χ4n) is 5.32. The molecule has 1 amide bonds. The van der Waals surface area contributed by atoms with E-state index in [0.717, 1.165) is 37.8 Å². The number of amides is 1. The van der Waals surface area contributed by atoms with Gasteiger partial charge < -0.3 is 16.4 Å². The monoisotopic (exact) mass is 555 g/mol. The third-order valence-corrected chi connectivity index (χ3v) is 7.68. The predicted molar refractivity (Wildman–Crippen MR) is 136 cm³/mol. The molecule has 37 heavy (non-hydrogen) atoms. The van der Waals surface area contributed by atoms with Gasteiger partial charge in [0.25, 0.3) is 0 Å². The molecule has 5 rings (SSSR count). The summed E-state index contributed by atoms with van der Waals surface area (Å²) in [6, 6.07) is 1.84. The largest absolute Gasteiger partial charge is 0.370 e. The Morgan fingerprint density at radius 3 is 2.46 bits per heavy atom. The van der Waals surface area contributed by atoms with Crippen molar-refractivity contribution in [3.8, 4) is 0 Å². The quantitative estimate of drug-likeness (QED) is 0.319. The summed E-state index contributed by atoms with van der Waals surface area (Å²) in [6.45, 7) is 0. The van der Waals surface area contributed by atoms with Gasteiger partial charge in [-0.05, 0) is 50.2 Å². The molecule has 2 heterocycles. The van der Waals surface area contributed by atoms with Crippen LogP contribution in [0.3, 0.4) is 0 Å². The molecule has 0 spiro atoms. The molecular formula is C24H26Cl2F3N7O. The van der Waals surface area contributed by atoms with Crippen molar-refractivity contribution < 1.29 is 18.0 Å². The van der Waals surface area contributed by atoms with Gasteiger partial charge in [-0.15, -0.1) is 0 Å². The molecule has 2 aliphatic rings. The van der Waals surface area contributed by atoms with E-state index in [4.69, 9.17) is 28.9 Å². The topological polar surface area (TPSA) is 111 Å². The molecule has 1 atom stereocenters. The lowest BCUT2D eigenvalue weighted by Crippen LogP contribution is -2.24. The highest BCUT2D eigenvalue weighted by Gasteiger charge is 2.39. The maximum absolute atomic E-state index is 13.7. The van der Waals surface area contributed by atoms with Gasteiger partial charge in [0.15, 0.2) is 5.65 Å². The highest BCUT2D eigenvalue weighted by Crippen LogP contribution is 2.40. The minimum atomic E-state index is -2.70. The normalized spacial score (nSPS) is 23.3. The van der Waals surface area contributed by atoms with Crippen LogP contribution in [0.25, 0.3) is 11.2 Å². The number of imidazole rings is 1. The van der Waals surface area contributed by atoms with Crippen molar-refractivity contribution in [3.63, 3.8) is 0 Å². The average Bonchev–Trinajstić information content (AvgIpc) is 3.34. The van der Waals surface area contributed by atoms with Crippen molar-refractivity contribution in [3.05, 3.63) is 34.2 Å². The van der Waals surface area contributed by atoms with Gasteiger partial charge in [0.2, 0.25) is 23.7 Å². The van der Waals surface area contributed by atoms with Crippen LogP contribution in [0.1, 0.15) is 57.4 Å². The third-order valence-electron chi connectivity index (χ3n) is 7.08. The summed E-state index contributed by atoms with van der Waals surface area (Å²) in [5.74, 6) is -2.75. The van der Waals surface area contributed by atoms with Gasteiger partial charge in [0.05, 0.1) is 21.9 Å². The lowest BCUT2D eigenvalue weighted by atomic mass is 9.84. The molecule has 2 aromatic heterocycles. The van der Waals surface area contributed by atoms with Crippen LogP contribution >= 0.6 is 23.2 Å². The Bertz CT molecular complexity index is 1300. The SMILES string of the molecule is NC(=O)CC1CCC(n2c(Nc3c(Cl)cc(F)cc3Cl)nc3cnc(N[C@H]4CCC(F)(F)C4)nc32)CC1. The van der Waals surface area contributed by atoms with Crippen LogP contribution in [-0.2, 0) is 4.79 Å². The number of hydrogen-bond donors (Lipinski definition) is 3. The fourth-order valence-corrected chi connectivity index (χ4v) is 5.87. The number of alkyl halides is 2. The maximum Gasteiger partial charge on any atom is 0.250 e. The number of nitrogens with two attached hydrogens (primary N) is 1. The summed E-state index contributed by atoms with van der Waals surface area (Å²) in [5, 5.41) is 6.34. The van der Waals surface area contributed by atoms with Gasteiger partial charge in [-0.3, -0.25) is 9.36 Å². The van der Waals surface area contributed by atoms with Gasteiger partial charge >= 0.3 is 0 Å². The fraction of sp³-hybridized carbons (Fsp3) is 0.500. The maximum atomic E-state index is 13.7. The lowest BCUT2D eigenvalue weighted by molar-refractivity contribution is -0.119. The highest BCUT2D eigenvalue weighted by molar-refractivity contribution is 6.39. The molecular weight excluding hydrogens is 530 g/mol. The van der Waals surface area contributed by atoms with Crippen molar-refractivity contribution in [1.29, 1.82) is 0 Å². The van der Waals surface area contributed by atoms with E-state index >= 15 is 0 Å². The predicted octanol–water partition coefficient (Wildman–Crippen LogP) is 6.22. The van der Waals surface area contributed by atoms with Crippen LogP contribution in [0.15, 0.2) is 18.3 Å². The zero-order chi connectivity index (χ0) is 26.3. The molecule has 0 bridgehead atoms. The second-order valence-electron chi connectivity index (χ2n) is 9.86. The van der Waals surface area contributed by atoms with Crippen molar-refractivity contribution >= 4 is 57.9 Å². The number of nitrogens with one attached hydrogen (secondary N) is 2. The van der Waals surface area contributed by atoms with E-state index in [1.807, 2.05) is 4.57 Å². The molecule has 0 radical (unpaired) electrons. The number of anilines is 3. The number of benzene rings is 1. The van der Waals surface area contributed by atoms with Crippen molar-refractivity contribution in [2.75, 3.05) is 10.6 Å². The Kier molecular flexibility index (Phi) is 7.10. The minimum absolute atomic E-state index is 0.0341. The van der Waals surface area contributed by atoms with Crippen LogP contribution in [0.5, 0.6) is 0 Å². The second-order valence-corrected chi connectivity index (χ2v) is 10.7. The van der Waals surface area contributed by atoms with E-state index < -0.39 is 17.8 Å². The van der Waals surface area contributed by atoms with Gasteiger partial charge in [-0.1, -0.05) is 23.2 Å². The summed E-state index contributed by atoms with van der Waals surface area (Å²) in [6.07, 6.45) is 4.81. The second kappa shape index (κ2) is 10.2. The molecule has 2 fully saturated rings. The van der Waals surface area contributed by atoms with Crippen LogP contribution in [0.4, 0.5) is 30.8 Å². The number of carbonyl (C=O) groups is 1. The first kappa shape index (κ1) is 25.8. The molecule has 0 unspecified atom stereocenters. The van der Waals surface area contributed by atoms with Crippen molar-refractivity contribution in [2.45, 2.75) is 69.4 Å². The smallest absolute Gasteiger partial charge is 0.250 e. The van der Waals surface area contributed by atoms with Crippen LogP contribution < -0.4 is 16.4 Å². The number of halogens is 5. The third kappa shape index (κ3) is 5.72. The lowest BCUT2D eigenvalue weighted by Gasteiger charge is -2.30. The van der Waals surface area contributed by atoms with E-state index in [1.165, 1.54) is 6.20 Å². The number of rotatable bonds is 7. The minimum Gasteiger partial charge on any atom is -0.370 e. The summed E-state index contributed by atoms with van der Waals surface area (Å²) in [4.78, 5) is 25.0. The first-order valence-corrected chi connectivity index (χ1v) is 12.9. The van der Waals surface area contributed by atoms with Gasteiger partial charge in [0, 0.05) is 31.3 Å². The van der Waals surface area contributed by atoms with E-state index in [9.17, 15) is 18.0 Å². The average molecular weight is 556 g/mol. The summed E-state index contributed by atoms with van der Waals surface area (Å²) in [5.41, 5.74) is 6.68. The van der Waals surface area contributed by atoms with Crippen LogP contribution in [0.2, 0.25) is 10.0 Å². The molecule has 1 aromatic carbocycles. The van der Waals surface area contributed by atoms with E-state index in [-0.39, 0.29) is 46.7 Å². The summed E-state index contributed by atoms with van der Waals surface area (Å²) >= 11 is 12.5. The molecule has 2 aliphatic carbocycles. The Morgan fingerprint density at radius 2 is 1.84 bits per heavy atom. The molecule has 3 aromatic rings. The zero-order valence-corrected chi connectivity index (χ0v) is 21.3. The van der Waals surface area contributed by atoms with Gasteiger partial charge in [0.1, 0.15) is 11.3 Å². The number of carbonyl (C=O) groups excluding carboxylic acids is 1. The Balaban J connectivity index is 1.49. The Hall–Kier alpha value is -2.79. The first-order chi connectivity index (χ1) is 17.6. The molecule has 0 saturated heterocycles. The number of hydrogen-bond acceptors (Lipinski definition) is 6. The van der Waals surface area contributed by atoms with Crippen LogP contribution in [0, 0.1) is 11.7 Å². The van der Waals surface area contributed by atoms with E-state index in [1.54, 1.807) is 0 Å². The zero-order valence-electron chi connectivity index (χ0n) is 19.8. The number of primary amides is 1. The van der Waals surface area contributed by atoms with E-state index in [2.05, 4.69) is 25.6 Å². The number of fused-ring (bicyclic) bond motifs is 1. The standard InChI is InChI=1S/C24H26Cl2F3N7O/c25-16-8-13(27)9-17(26)20(16)34-23-33-18-11-31-22(32-14-5-6-24(28,29)10-14)35-21(18)36(23)15-3-1-12(2-4-15)7-19(30)37/h8-9,11-12,14-15H,1-7,10H2,(H2,30,37)(H,33,34)(H,31,32,35)/t12?,14-,15?/m0/s1. The number of aromatic nitrogens is 4. The van der Waals surface area contributed by atoms with Crippen LogP contribution in [-0.4, -0.2) is 37.4 Å². The molecule has 2 saturated carbocycles. The Labute approximate surface area is 221 Å². The molecule has 13 heteroatoms. The van der Waals surface area contributed by atoms with Gasteiger partial charge in [-0.25, -0.2) is 23.1 Å². The molecule has 0 aliphatic heterocycles. The Morgan fingerprint density at radius 1 is 1.14 bits per heavy atom. The molecule has 198 valence electrons. The van der Waals surface area contributed by atoms with Crippen molar-refractivity contribution in [2.24, 2.45) is 11.7 Å². The molecule has 4 N–H and O–H groups in total. The summed E-state index contributed by atoms with van der Waals surface area (Å²) in [7, 11) is 0. The number of nitrogens with zero attached hydrogens (tertiary/aromatic N) is 4. The first-order valence-electron chi connectivity index (χ1n) is 12.2.